The Morgan fingerprint density at radius 2 is 1.84 bits per heavy atom. The van der Waals surface area contributed by atoms with Gasteiger partial charge in [-0.1, -0.05) is 0 Å². The quantitative estimate of drug-likeness (QED) is 0.632. The predicted octanol–water partition coefficient (Wildman–Crippen LogP) is 1.63. The van der Waals surface area contributed by atoms with E-state index >= 15 is 0 Å². The first kappa shape index (κ1) is 20.6. The summed E-state index contributed by atoms with van der Waals surface area (Å²) in [6.45, 7) is 0.569. The molecule has 1 aromatic carbocycles. The van der Waals surface area contributed by atoms with Crippen LogP contribution in [-0.2, 0) is 14.1 Å². The van der Waals surface area contributed by atoms with E-state index in [1.165, 1.54) is 24.7 Å². The van der Waals surface area contributed by atoms with Crippen molar-refractivity contribution in [3.63, 3.8) is 0 Å². The molecule has 9 heteroatoms. The maximum Gasteiger partial charge on any atom is 0.332 e. The number of benzene rings is 1. The fourth-order valence-corrected chi connectivity index (χ4v) is 4.15. The van der Waals surface area contributed by atoms with Gasteiger partial charge in [0.1, 0.15) is 22.8 Å². The Morgan fingerprint density at radius 3 is 2.55 bits per heavy atom. The minimum atomic E-state index is -0.491. The van der Waals surface area contributed by atoms with Crippen LogP contribution in [0.2, 0.25) is 0 Å². The van der Waals surface area contributed by atoms with Crippen molar-refractivity contribution in [1.29, 1.82) is 0 Å². The van der Waals surface area contributed by atoms with Crippen molar-refractivity contribution in [2.75, 3.05) is 20.8 Å². The second kappa shape index (κ2) is 7.90. The van der Waals surface area contributed by atoms with Crippen LogP contribution < -0.4 is 20.7 Å². The standard InChI is InChI=1S/C22H24N4O5/c1-24-19-14(20(27)25(2)22(24)29)8-9-16(23-19)21(28)26-11-5-6-17(26)15-12-13(30-3)7-10-18(15)31-4/h7-10,12,17H,5-6,11H2,1-4H3. The number of amides is 1. The lowest BCUT2D eigenvalue weighted by atomic mass is 10.0. The molecule has 1 fully saturated rings. The van der Waals surface area contributed by atoms with Gasteiger partial charge in [-0.25, -0.2) is 9.78 Å². The van der Waals surface area contributed by atoms with Crippen LogP contribution in [0.5, 0.6) is 11.5 Å². The molecule has 2 aromatic heterocycles. The van der Waals surface area contributed by atoms with Crippen molar-refractivity contribution in [1.82, 2.24) is 19.0 Å². The van der Waals surface area contributed by atoms with Crippen LogP contribution in [0.3, 0.4) is 0 Å². The molecule has 162 valence electrons. The second-order valence-corrected chi connectivity index (χ2v) is 7.54. The number of hydrogen-bond acceptors (Lipinski definition) is 6. The predicted molar refractivity (Wildman–Crippen MR) is 115 cm³/mol. The molecule has 0 N–H and O–H groups in total. The summed E-state index contributed by atoms with van der Waals surface area (Å²) in [7, 11) is 6.14. The Bertz CT molecular complexity index is 1290. The summed E-state index contributed by atoms with van der Waals surface area (Å²) in [6, 6.07) is 8.42. The summed E-state index contributed by atoms with van der Waals surface area (Å²) in [5.74, 6) is 1.11. The lowest BCUT2D eigenvalue weighted by Crippen LogP contribution is -2.38. The first-order chi connectivity index (χ1) is 14.9. The van der Waals surface area contributed by atoms with Crippen molar-refractivity contribution in [2.24, 2.45) is 14.1 Å². The van der Waals surface area contributed by atoms with Crippen LogP contribution in [0.25, 0.3) is 11.0 Å². The Balaban J connectivity index is 1.77. The molecule has 0 saturated carbocycles. The Labute approximate surface area is 178 Å². The first-order valence-corrected chi connectivity index (χ1v) is 9.97. The third kappa shape index (κ3) is 3.35. The van der Waals surface area contributed by atoms with Crippen LogP contribution in [0.4, 0.5) is 0 Å². The number of nitrogens with zero attached hydrogens (tertiary/aromatic N) is 4. The normalized spacial score (nSPS) is 16.0. The van der Waals surface area contributed by atoms with E-state index in [0.717, 1.165) is 23.0 Å². The average Bonchev–Trinajstić information content (AvgIpc) is 3.29. The molecule has 4 rings (SSSR count). The summed E-state index contributed by atoms with van der Waals surface area (Å²) in [4.78, 5) is 44.2. The van der Waals surface area contributed by atoms with E-state index in [9.17, 15) is 14.4 Å². The van der Waals surface area contributed by atoms with Crippen molar-refractivity contribution >= 4 is 16.9 Å². The lowest BCUT2D eigenvalue weighted by Gasteiger charge is -2.26. The fourth-order valence-electron chi connectivity index (χ4n) is 4.15. The number of hydrogen-bond donors (Lipinski definition) is 0. The number of fused-ring (bicyclic) bond motifs is 1. The van der Waals surface area contributed by atoms with E-state index in [4.69, 9.17) is 9.47 Å². The molecular formula is C22H24N4O5. The molecule has 3 aromatic rings. The molecule has 0 bridgehead atoms. The third-order valence-corrected chi connectivity index (χ3v) is 5.83. The van der Waals surface area contributed by atoms with Gasteiger partial charge >= 0.3 is 5.69 Å². The molecular weight excluding hydrogens is 400 g/mol. The van der Waals surface area contributed by atoms with Crippen molar-refractivity contribution in [2.45, 2.75) is 18.9 Å². The number of aryl methyl sites for hydroxylation is 1. The zero-order chi connectivity index (χ0) is 22.3. The summed E-state index contributed by atoms with van der Waals surface area (Å²) in [5.41, 5.74) is 0.312. The summed E-state index contributed by atoms with van der Waals surface area (Å²) >= 11 is 0. The van der Waals surface area contributed by atoms with Crippen LogP contribution >= 0.6 is 0 Å². The molecule has 1 atom stereocenters. The van der Waals surface area contributed by atoms with Crippen molar-refractivity contribution in [3.8, 4) is 11.5 Å². The maximum absolute atomic E-state index is 13.4. The average molecular weight is 424 g/mol. The highest BCUT2D eigenvalue weighted by Crippen LogP contribution is 2.39. The van der Waals surface area contributed by atoms with Crippen molar-refractivity contribution in [3.05, 3.63) is 62.4 Å². The molecule has 1 amide bonds. The van der Waals surface area contributed by atoms with Gasteiger partial charge in [0.2, 0.25) is 0 Å². The number of likely N-dealkylation sites (tertiary alicyclic amines) is 1. The van der Waals surface area contributed by atoms with Gasteiger partial charge in [-0.05, 0) is 43.2 Å². The minimum absolute atomic E-state index is 0.185. The first-order valence-electron chi connectivity index (χ1n) is 9.97. The highest BCUT2D eigenvalue weighted by Gasteiger charge is 2.33. The topological polar surface area (TPSA) is 95.7 Å². The zero-order valence-corrected chi connectivity index (χ0v) is 17.9. The number of carbonyl (C=O) groups is 1. The van der Waals surface area contributed by atoms with Gasteiger partial charge in [0.05, 0.1) is 25.6 Å². The van der Waals surface area contributed by atoms with E-state index in [0.29, 0.717) is 18.0 Å². The van der Waals surface area contributed by atoms with Gasteiger partial charge in [-0.2, -0.15) is 0 Å². The number of methoxy groups -OCH3 is 2. The summed E-state index contributed by atoms with van der Waals surface area (Å²) in [6.07, 6.45) is 1.62. The van der Waals surface area contributed by atoms with Crippen LogP contribution in [-0.4, -0.2) is 45.7 Å². The minimum Gasteiger partial charge on any atom is -0.497 e. The summed E-state index contributed by atoms with van der Waals surface area (Å²) in [5, 5.41) is 0.286. The fraction of sp³-hybridized carbons (Fsp3) is 0.364. The monoisotopic (exact) mass is 424 g/mol. The smallest absolute Gasteiger partial charge is 0.332 e. The molecule has 31 heavy (non-hydrogen) atoms. The Kier molecular flexibility index (Phi) is 5.26. The van der Waals surface area contributed by atoms with E-state index in [1.807, 2.05) is 18.2 Å². The van der Waals surface area contributed by atoms with Gasteiger partial charge in [0.25, 0.3) is 11.5 Å². The maximum atomic E-state index is 13.4. The molecule has 0 radical (unpaired) electrons. The summed E-state index contributed by atoms with van der Waals surface area (Å²) < 4.78 is 13.2. The number of ether oxygens (including phenoxy) is 2. The zero-order valence-electron chi connectivity index (χ0n) is 17.9. The van der Waals surface area contributed by atoms with Gasteiger partial charge < -0.3 is 14.4 Å². The van der Waals surface area contributed by atoms with E-state index in [1.54, 1.807) is 25.2 Å². The molecule has 1 saturated heterocycles. The highest BCUT2D eigenvalue weighted by molar-refractivity contribution is 5.94. The lowest BCUT2D eigenvalue weighted by molar-refractivity contribution is 0.0728. The third-order valence-electron chi connectivity index (χ3n) is 5.83. The van der Waals surface area contributed by atoms with E-state index in [-0.39, 0.29) is 28.7 Å². The van der Waals surface area contributed by atoms with Gasteiger partial charge in [-0.15, -0.1) is 0 Å². The van der Waals surface area contributed by atoms with Crippen LogP contribution in [0, 0.1) is 0 Å². The van der Waals surface area contributed by atoms with E-state index < -0.39 is 11.2 Å². The number of carbonyl (C=O) groups excluding carboxylic acids is 1. The van der Waals surface area contributed by atoms with Crippen LogP contribution in [0.15, 0.2) is 39.9 Å². The molecule has 9 nitrogen and oxygen atoms in total. The van der Waals surface area contributed by atoms with E-state index in [2.05, 4.69) is 4.98 Å². The van der Waals surface area contributed by atoms with Gasteiger partial charge in [0, 0.05) is 26.2 Å². The Morgan fingerprint density at radius 1 is 1.06 bits per heavy atom. The number of aromatic nitrogens is 3. The number of pyridine rings is 1. The SMILES string of the molecule is COc1ccc(OC)c(C2CCCN2C(=O)c2ccc3c(=O)n(C)c(=O)n(C)c3n2)c1. The molecule has 1 aliphatic rings. The van der Waals surface area contributed by atoms with Crippen molar-refractivity contribution < 1.29 is 14.3 Å². The largest absolute Gasteiger partial charge is 0.497 e. The highest BCUT2D eigenvalue weighted by atomic mass is 16.5. The van der Waals surface area contributed by atoms with Gasteiger partial charge in [-0.3, -0.25) is 18.7 Å². The number of rotatable bonds is 4. The molecule has 1 aliphatic heterocycles. The van der Waals surface area contributed by atoms with Gasteiger partial charge in [0.15, 0.2) is 0 Å². The second-order valence-electron chi connectivity index (χ2n) is 7.54. The molecule has 0 aliphatic carbocycles. The molecule has 3 heterocycles. The molecule has 0 spiro atoms. The van der Waals surface area contributed by atoms with Crippen LogP contribution in [0.1, 0.15) is 34.9 Å². The molecule has 1 unspecified atom stereocenters. The Hall–Kier alpha value is -3.62.